The molecular weight excluding hydrogens is 310 g/mol. The van der Waals surface area contributed by atoms with Crippen molar-refractivity contribution in [2.75, 3.05) is 13.1 Å². The van der Waals surface area contributed by atoms with Crippen molar-refractivity contribution >= 4 is 5.91 Å². The number of benzene rings is 2. The Balaban J connectivity index is 1.50. The number of amides is 1. The molecule has 130 valence electrons. The molecule has 1 aliphatic carbocycles. The molecule has 4 rings (SSSR count). The fourth-order valence-corrected chi connectivity index (χ4v) is 4.88. The lowest BCUT2D eigenvalue weighted by Crippen LogP contribution is -2.49. The molecule has 0 spiro atoms. The maximum absolute atomic E-state index is 12.7. The highest BCUT2D eigenvalue weighted by Crippen LogP contribution is 2.51. The molecule has 3 heteroatoms. The molecule has 1 N–H and O–H groups in total. The third kappa shape index (κ3) is 3.04. The third-order valence-corrected chi connectivity index (χ3v) is 6.20. The monoisotopic (exact) mass is 335 g/mol. The molecule has 0 aromatic heterocycles. The summed E-state index contributed by atoms with van der Waals surface area (Å²) < 4.78 is 0. The van der Waals surface area contributed by atoms with Gasteiger partial charge in [-0.15, -0.1) is 0 Å². The van der Waals surface area contributed by atoms with Crippen molar-refractivity contribution in [3.05, 3.63) is 65.7 Å². The number of carbonyl (C=O) groups excluding carboxylic acids is 1. The Kier molecular flexibility index (Phi) is 4.24. The summed E-state index contributed by atoms with van der Waals surface area (Å²) in [6, 6.07) is 17.8. The van der Waals surface area contributed by atoms with E-state index in [-0.39, 0.29) is 11.3 Å². The van der Waals surface area contributed by atoms with Gasteiger partial charge in [-0.1, -0.05) is 48.9 Å². The first-order chi connectivity index (χ1) is 12.2. The lowest BCUT2D eigenvalue weighted by molar-refractivity contribution is -0.133. The Morgan fingerprint density at radius 1 is 1.12 bits per heavy atom. The molecule has 2 atom stereocenters. The SMILES string of the molecule is O=C(Cc1ccccc1)N1CCC2(c3cccc(O)c3)CCCC2C1. The van der Waals surface area contributed by atoms with Gasteiger partial charge in [-0.25, -0.2) is 0 Å². The maximum Gasteiger partial charge on any atom is 0.226 e. The molecule has 1 heterocycles. The second-order valence-corrected chi connectivity index (χ2v) is 7.55. The van der Waals surface area contributed by atoms with Crippen LogP contribution < -0.4 is 0 Å². The average Bonchev–Trinajstić information content (AvgIpc) is 3.07. The van der Waals surface area contributed by atoms with E-state index in [1.54, 1.807) is 6.07 Å². The van der Waals surface area contributed by atoms with Crippen molar-refractivity contribution in [2.24, 2.45) is 5.92 Å². The van der Waals surface area contributed by atoms with Crippen LogP contribution in [0.15, 0.2) is 54.6 Å². The molecule has 2 aromatic rings. The largest absolute Gasteiger partial charge is 0.508 e. The topological polar surface area (TPSA) is 40.5 Å². The van der Waals surface area contributed by atoms with E-state index < -0.39 is 0 Å². The van der Waals surface area contributed by atoms with E-state index >= 15 is 0 Å². The Morgan fingerprint density at radius 2 is 1.96 bits per heavy atom. The van der Waals surface area contributed by atoms with Gasteiger partial charge >= 0.3 is 0 Å². The van der Waals surface area contributed by atoms with Gasteiger partial charge in [-0.3, -0.25) is 4.79 Å². The standard InChI is InChI=1S/C22H25NO2/c24-20-10-4-8-18(15-20)22-11-5-9-19(22)16-23(13-12-22)21(25)14-17-6-2-1-3-7-17/h1-4,6-8,10,15,19,24H,5,9,11-14,16H2. The minimum absolute atomic E-state index is 0.141. The fraction of sp³-hybridized carbons (Fsp3) is 0.409. The maximum atomic E-state index is 12.7. The molecule has 1 aliphatic heterocycles. The molecular formula is C22H25NO2. The second-order valence-electron chi connectivity index (χ2n) is 7.55. The summed E-state index contributed by atoms with van der Waals surface area (Å²) in [5.74, 6) is 1.09. The summed E-state index contributed by atoms with van der Waals surface area (Å²) >= 11 is 0. The zero-order valence-corrected chi connectivity index (χ0v) is 14.5. The number of rotatable bonds is 3. The van der Waals surface area contributed by atoms with E-state index in [4.69, 9.17) is 0 Å². The van der Waals surface area contributed by atoms with Crippen LogP contribution in [0, 0.1) is 5.92 Å². The summed E-state index contributed by atoms with van der Waals surface area (Å²) in [7, 11) is 0. The number of piperidine rings is 1. The van der Waals surface area contributed by atoms with Gasteiger partial charge in [0, 0.05) is 18.5 Å². The predicted molar refractivity (Wildman–Crippen MR) is 98.5 cm³/mol. The van der Waals surface area contributed by atoms with Crippen LogP contribution in [-0.2, 0) is 16.6 Å². The van der Waals surface area contributed by atoms with Crippen molar-refractivity contribution in [3.8, 4) is 5.75 Å². The molecule has 2 aliphatic rings. The van der Waals surface area contributed by atoms with Crippen molar-refractivity contribution in [1.29, 1.82) is 0 Å². The molecule has 2 fully saturated rings. The first-order valence-electron chi connectivity index (χ1n) is 9.29. The van der Waals surface area contributed by atoms with Gasteiger partial charge in [0.15, 0.2) is 0 Å². The van der Waals surface area contributed by atoms with Gasteiger partial charge < -0.3 is 10.0 Å². The van der Waals surface area contributed by atoms with E-state index in [2.05, 4.69) is 11.0 Å². The molecule has 1 saturated heterocycles. The summed E-state index contributed by atoms with van der Waals surface area (Å²) in [5.41, 5.74) is 2.48. The van der Waals surface area contributed by atoms with Gasteiger partial charge in [0.25, 0.3) is 0 Å². The smallest absolute Gasteiger partial charge is 0.226 e. The minimum Gasteiger partial charge on any atom is -0.508 e. The molecule has 0 radical (unpaired) electrons. The molecule has 25 heavy (non-hydrogen) atoms. The lowest BCUT2D eigenvalue weighted by atomic mass is 9.67. The Morgan fingerprint density at radius 3 is 2.76 bits per heavy atom. The van der Waals surface area contributed by atoms with Crippen LogP contribution >= 0.6 is 0 Å². The molecule has 2 unspecified atom stereocenters. The number of hydrogen-bond acceptors (Lipinski definition) is 2. The highest BCUT2D eigenvalue weighted by atomic mass is 16.3. The normalized spacial score (nSPS) is 25.6. The van der Waals surface area contributed by atoms with Crippen LogP contribution in [0.3, 0.4) is 0 Å². The number of nitrogens with zero attached hydrogens (tertiary/aromatic N) is 1. The highest BCUT2D eigenvalue weighted by Gasteiger charge is 2.47. The van der Waals surface area contributed by atoms with Crippen LogP contribution in [0.1, 0.15) is 36.8 Å². The van der Waals surface area contributed by atoms with Crippen LogP contribution in [0.2, 0.25) is 0 Å². The molecule has 0 bridgehead atoms. The zero-order chi connectivity index (χ0) is 17.3. The van der Waals surface area contributed by atoms with Crippen molar-refractivity contribution in [2.45, 2.75) is 37.5 Å². The summed E-state index contributed by atoms with van der Waals surface area (Å²) in [6.07, 6.45) is 5.04. The Labute approximate surface area is 149 Å². The van der Waals surface area contributed by atoms with E-state index in [1.807, 2.05) is 42.5 Å². The van der Waals surface area contributed by atoms with E-state index in [0.717, 1.165) is 25.1 Å². The van der Waals surface area contributed by atoms with E-state index in [1.165, 1.54) is 24.8 Å². The summed E-state index contributed by atoms with van der Waals surface area (Å²) in [6.45, 7) is 1.67. The second kappa shape index (κ2) is 6.55. The van der Waals surface area contributed by atoms with Crippen molar-refractivity contribution in [3.63, 3.8) is 0 Å². The number of likely N-dealkylation sites (tertiary alicyclic amines) is 1. The van der Waals surface area contributed by atoms with Crippen LogP contribution in [0.5, 0.6) is 5.75 Å². The minimum atomic E-state index is 0.141. The third-order valence-electron chi connectivity index (χ3n) is 6.20. The quantitative estimate of drug-likeness (QED) is 0.924. The van der Waals surface area contributed by atoms with Crippen LogP contribution in [0.25, 0.3) is 0 Å². The number of phenolic OH excluding ortho intramolecular Hbond substituents is 1. The van der Waals surface area contributed by atoms with Crippen LogP contribution in [-0.4, -0.2) is 29.0 Å². The highest BCUT2D eigenvalue weighted by molar-refractivity contribution is 5.79. The summed E-state index contributed by atoms with van der Waals surface area (Å²) in [5, 5.41) is 9.90. The number of hydrogen-bond donors (Lipinski definition) is 1. The zero-order valence-electron chi connectivity index (χ0n) is 14.5. The molecule has 1 saturated carbocycles. The van der Waals surface area contributed by atoms with Gasteiger partial charge in [0.2, 0.25) is 5.91 Å². The molecule has 3 nitrogen and oxygen atoms in total. The van der Waals surface area contributed by atoms with Crippen molar-refractivity contribution < 1.29 is 9.90 Å². The van der Waals surface area contributed by atoms with Gasteiger partial charge in [0.1, 0.15) is 5.75 Å². The predicted octanol–water partition coefficient (Wildman–Crippen LogP) is 3.91. The fourth-order valence-electron chi connectivity index (χ4n) is 4.88. The lowest BCUT2D eigenvalue weighted by Gasteiger charge is -2.45. The van der Waals surface area contributed by atoms with Gasteiger partial charge in [-0.05, 0) is 48.4 Å². The van der Waals surface area contributed by atoms with E-state index in [0.29, 0.717) is 18.1 Å². The first kappa shape index (κ1) is 16.2. The number of carbonyl (C=O) groups is 1. The molecule has 1 amide bonds. The number of aromatic hydroxyl groups is 1. The number of fused-ring (bicyclic) bond motifs is 1. The van der Waals surface area contributed by atoms with Crippen molar-refractivity contribution in [1.82, 2.24) is 4.90 Å². The average molecular weight is 335 g/mol. The van der Waals surface area contributed by atoms with Crippen LogP contribution in [0.4, 0.5) is 0 Å². The Hall–Kier alpha value is -2.29. The van der Waals surface area contributed by atoms with E-state index in [9.17, 15) is 9.90 Å². The Bertz CT molecular complexity index is 758. The molecule has 2 aromatic carbocycles. The van der Waals surface area contributed by atoms with Gasteiger partial charge in [0.05, 0.1) is 6.42 Å². The van der Waals surface area contributed by atoms with Gasteiger partial charge in [-0.2, -0.15) is 0 Å². The summed E-state index contributed by atoms with van der Waals surface area (Å²) in [4.78, 5) is 14.8. The first-order valence-corrected chi connectivity index (χ1v) is 9.29. The number of phenols is 1.